The molecule has 0 aliphatic rings. The van der Waals surface area contributed by atoms with E-state index in [4.69, 9.17) is 4.74 Å². The van der Waals surface area contributed by atoms with E-state index >= 15 is 0 Å². The maximum absolute atomic E-state index is 10.9. The molecule has 0 fully saturated rings. The van der Waals surface area contributed by atoms with Crippen LogP contribution in [0.4, 0.5) is 5.69 Å². The molecule has 1 heterocycles. The fourth-order valence-electron chi connectivity index (χ4n) is 1.53. The van der Waals surface area contributed by atoms with Crippen LogP contribution < -0.4 is 4.74 Å². The van der Waals surface area contributed by atoms with Crippen molar-refractivity contribution in [3.8, 4) is 11.6 Å². The first-order chi connectivity index (χ1) is 9.10. The van der Waals surface area contributed by atoms with Crippen LogP contribution in [0.15, 0.2) is 41.0 Å². The number of pyridine rings is 1. The Morgan fingerprint density at radius 2 is 2.05 bits per heavy atom. The second-order valence-electron chi connectivity index (χ2n) is 3.83. The van der Waals surface area contributed by atoms with Crippen molar-refractivity contribution in [2.24, 2.45) is 0 Å². The Kier molecular flexibility index (Phi) is 4.11. The molecule has 1 aromatic carbocycles. The SMILES string of the molecule is CCc1ccc(Oc2ncc(Br)cc2[N+](=O)[O-])cc1. The van der Waals surface area contributed by atoms with E-state index in [0.717, 1.165) is 6.42 Å². The van der Waals surface area contributed by atoms with Crippen molar-refractivity contribution in [1.29, 1.82) is 0 Å². The summed E-state index contributed by atoms with van der Waals surface area (Å²) < 4.78 is 5.99. The van der Waals surface area contributed by atoms with E-state index in [0.29, 0.717) is 10.2 Å². The van der Waals surface area contributed by atoms with Gasteiger partial charge in [-0.3, -0.25) is 10.1 Å². The normalized spacial score (nSPS) is 10.2. The van der Waals surface area contributed by atoms with Crippen molar-refractivity contribution in [2.75, 3.05) is 0 Å². The fourth-order valence-corrected chi connectivity index (χ4v) is 1.85. The number of hydrogen-bond donors (Lipinski definition) is 0. The van der Waals surface area contributed by atoms with E-state index in [1.807, 2.05) is 12.1 Å². The highest BCUT2D eigenvalue weighted by molar-refractivity contribution is 9.10. The molecule has 2 rings (SSSR count). The van der Waals surface area contributed by atoms with Gasteiger partial charge in [0.05, 0.1) is 4.92 Å². The van der Waals surface area contributed by atoms with Gasteiger partial charge >= 0.3 is 5.69 Å². The number of nitro groups is 1. The molecule has 19 heavy (non-hydrogen) atoms. The summed E-state index contributed by atoms with van der Waals surface area (Å²) in [6.07, 6.45) is 2.39. The molecule has 2 aromatic rings. The number of halogens is 1. The van der Waals surface area contributed by atoms with Crippen LogP contribution in [0.1, 0.15) is 12.5 Å². The zero-order valence-corrected chi connectivity index (χ0v) is 11.8. The largest absolute Gasteiger partial charge is 0.434 e. The number of nitrogens with zero attached hydrogens (tertiary/aromatic N) is 2. The van der Waals surface area contributed by atoms with Crippen molar-refractivity contribution in [3.63, 3.8) is 0 Å². The zero-order chi connectivity index (χ0) is 13.8. The fraction of sp³-hybridized carbons (Fsp3) is 0.154. The highest BCUT2D eigenvalue weighted by Gasteiger charge is 2.18. The van der Waals surface area contributed by atoms with E-state index in [9.17, 15) is 10.1 Å². The van der Waals surface area contributed by atoms with Crippen LogP contribution in [0.3, 0.4) is 0 Å². The Morgan fingerprint density at radius 3 is 2.63 bits per heavy atom. The van der Waals surface area contributed by atoms with Gasteiger partial charge in [-0.1, -0.05) is 19.1 Å². The van der Waals surface area contributed by atoms with E-state index in [-0.39, 0.29) is 11.6 Å². The van der Waals surface area contributed by atoms with E-state index in [1.165, 1.54) is 17.8 Å². The van der Waals surface area contributed by atoms with Gasteiger partial charge in [0.15, 0.2) is 0 Å². The third-order valence-electron chi connectivity index (χ3n) is 2.54. The second-order valence-corrected chi connectivity index (χ2v) is 4.75. The van der Waals surface area contributed by atoms with Gasteiger partial charge in [0, 0.05) is 16.7 Å². The smallest absolute Gasteiger partial charge is 0.332 e. The molecule has 0 unspecified atom stereocenters. The highest BCUT2D eigenvalue weighted by atomic mass is 79.9. The molecule has 0 aliphatic heterocycles. The molecule has 0 amide bonds. The maximum atomic E-state index is 10.9. The molecule has 1 aromatic heterocycles. The highest BCUT2D eigenvalue weighted by Crippen LogP contribution is 2.31. The number of ether oxygens (including phenoxy) is 1. The number of rotatable bonds is 4. The minimum absolute atomic E-state index is 0.0163. The molecule has 0 atom stereocenters. The zero-order valence-electron chi connectivity index (χ0n) is 10.2. The molecule has 98 valence electrons. The maximum Gasteiger partial charge on any atom is 0.332 e. The molecule has 0 spiro atoms. The molecule has 0 radical (unpaired) electrons. The van der Waals surface area contributed by atoms with Gasteiger partial charge in [-0.05, 0) is 40.0 Å². The lowest BCUT2D eigenvalue weighted by Gasteiger charge is -2.06. The van der Waals surface area contributed by atoms with Crippen molar-refractivity contribution >= 4 is 21.6 Å². The van der Waals surface area contributed by atoms with Crippen LogP contribution >= 0.6 is 15.9 Å². The quantitative estimate of drug-likeness (QED) is 0.627. The Balaban J connectivity index is 2.29. The van der Waals surface area contributed by atoms with Crippen LogP contribution in [0, 0.1) is 10.1 Å². The standard InChI is InChI=1S/C13H11BrN2O3/c1-2-9-3-5-11(6-4-9)19-13-12(16(17)18)7-10(14)8-15-13/h3-8H,2H2,1H3. The number of benzene rings is 1. The van der Waals surface area contributed by atoms with E-state index < -0.39 is 4.92 Å². The molecule has 0 saturated heterocycles. The summed E-state index contributed by atoms with van der Waals surface area (Å²) in [4.78, 5) is 14.3. The average molecular weight is 323 g/mol. The van der Waals surface area contributed by atoms with Crippen molar-refractivity contribution < 1.29 is 9.66 Å². The lowest BCUT2D eigenvalue weighted by molar-refractivity contribution is -0.386. The molecule has 0 N–H and O–H groups in total. The Labute approximate surface area is 118 Å². The Hall–Kier alpha value is -1.95. The summed E-state index contributed by atoms with van der Waals surface area (Å²) >= 11 is 3.15. The number of hydrogen-bond acceptors (Lipinski definition) is 4. The Bertz CT molecular complexity index is 599. The summed E-state index contributed by atoms with van der Waals surface area (Å²) in [5.41, 5.74) is 1.000. The summed E-state index contributed by atoms with van der Waals surface area (Å²) in [6, 6.07) is 8.74. The first-order valence-electron chi connectivity index (χ1n) is 5.67. The van der Waals surface area contributed by atoms with Gasteiger partial charge in [0.25, 0.3) is 5.88 Å². The molecular weight excluding hydrogens is 312 g/mol. The van der Waals surface area contributed by atoms with Crippen LogP contribution in [0.2, 0.25) is 0 Å². The average Bonchev–Trinajstić information content (AvgIpc) is 2.41. The lowest BCUT2D eigenvalue weighted by Crippen LogP contribution is -1.96. The van der Waals surface area contributed by atoms with Crippen LogP contribution in [-0.4, -0.2) is 9.91 Å². The molecule has 0 bridgehead atoms. The molecule has 0 saturated carbocycles. The summed E-state index contributed by atoms with van der Waals surface area (Å²) in [5, 5.41) is 10.9. The molecule has 5 nitrogen and oxygen atoms in total. The molecule has 6 heteroatoms. The third kappa shape index (κ3) is 3.29. The van der Waals surface area contributed by atoms with Crippen molar-refractivity contribution in [3.05, 3.63) is 56.7 Å². The van der Waals surface area contributed by atoms with Gasteiger partial charge in [-0.25, -0.2) is 4.98 Å². The third-order valence-corrected chi connectivity index (χ3v) is 2.98. The van der Waals surface area contributed by atoms with Crippen LogP contribution in [0.5, 0.6) is 11.6 Å². The second kappa shape index (κ2) is 5.79. The number of aromatic nitrogens is 1. The number of aryl methyl sites for hydroxylation is 1. The predicted molar refractivity (Wildman–Crippen MR) is 74.5 cm³/mol. The van der Waals surface area contributed by atoms with Gasteiger partial charge in [0.2, 0.25) is 0 Å². The Morgan fingerprint density at radius 1 is 1.37 bits per heavy atom. The summed E-state index contributed by atoms with van der Waals surface area (Å²) in [7, 11) is 0. The molecular formula is C13H11BrN2O3. The van der Waals surface area contributed by atoms with E-state index in [2.05, 4.69) is 27.8 Å². The summed E-state index contributed by atoms with van der Waals surface area (Å²) in [5.74, 6) is 0.507. The minimum atomic E-state index is -0.520. The van der Waals surface area contributed by atoms with Gasteiger partial charge in [-0.15, -0.1) is 0 Å². The van der Waals surface area contributed by atoms with Crippen molar-refractivity contribution in [1.82, 2.24) is 4.98 Å². The minimum Gasteiger partial charge on any atom is -0.434 e. The van der Waals surface area contributed by atoms with Crippen LogP contribution in [0.25, 0.3) is 0 Å². The van der Waals surface area contributed by atoms with Gasteiger partial charge < -0.3 is 4.74 Å². The van der Waals surface area contributed by atoms with Gasteiger partial charge in [0.1, 0.15) is 5.75 Å². The van der Waals surface area contributed by atoms with Crippen LogP contribution in [-0.2, 0) is 6.42 Å². The monoisotopic (exact) mass is 322 g/mol. The predicted octanol–water partition coefficient (Wildman–Crippen LogP) is 4.11. The topological polar surface area (TPSA) is 65.3 Å². The van der Waals surface area contributed by atoms with Gasteiger partial charge in [-0.2, -0.15) is 0 Å². The van der Waals surface area contributed by atoms with Crippen molar-refractivity contribution in [2.45, 2.75) is 13.3 Å². The molecule has 0 aliphatic carbocycles. The first kappa shape index (κ1) is 13.5. The first-order valence-corrected chi connectivity index (χ1v) is 6.46. The lowest BCUT2D eigenvalue weighted by atomic mass is 10.2. The summed E-state index contributed by atoms with van der Waals surface area (Å²) in [6.45, 7) is 2.05. The van der Waals surface area contributed by atoms with E-state index in [1.54, 1.807) is 12.1 Å².